The average Bonchev–Trinajstić information content (AvgIpc) is 2.81. The summed E-state index contributed by atoms with van der Waals surface area (Å²) >= 11 is 0. The van der Waals surface area contributed by atoms with Gasteiger partial charge in [-0.2, -0.15) is 5.10 Å². The molecule has 0 aliphatic carbocycles. The molecular weight excluding hydrogens is 310 g/mol. The number of amides is 1. The number of H-pyrrole nitrogens is 1. The third-order valence-electron chi connectivity index (χ3n) is 3.26. The first-order chi connectivity index (χ1) is 9.73. The highest BCUT2D eigenvalue weighted by atomic mass is 35.5. The standard InChI is InChI=1S/C13H23N5O3.ClH/c1-5-6-9-11(18(20)21)10(16-15-9)12(19)17(4)8-13(2,3)7-14;/h5-8,14H2,1-4H3,(H,15,16);1H. The average molecular weight is 334 g/mol. The summed E-state index contributed by atoms with van der Waals surface area (Å²) in [6.45, 7) is 6.57. The number of carbonyl (C=O) groups is 1. The maximum atomic E-state index is 12.4. The smallest absolute Gasteiger partial charge is 0.322 e. The number of nitrogens with two attached hydrogens (primary N) is 1. The first kappa shape index (κ1) is 20.3. The topological polar surface area (TPSA) is 118 Å². The van der Waals surface area contributed by atoms with Crippen LogP contribution in [0.4, 0.5) is 5.69 Å². The second kappa shape index (κ2) is 8.09. The Balaban J connectivity index is 0.00000441. The van der Waals surface area contributed by atoms with Gasteiger partial charge in [0, 0.05) is 13.6 Å². The van der Waals surface area contributed by atoms with Crippen molar-refractivity contribution in [3.63, 3.8) is 0 Å². The predicted octanol–water partition coefficient (Wildman–Crippen LogP) is 1.75. The van der Waals surface area contributed by atoms with Crippen molar-refractivity contribution in [2.24, 2.45) is 11.1 Å². The molecule has 0 fully saturated rings. The van der Waals surface area contributed by atoms with E-state index in [0.29, 0.717) is 25.2 Å². The third kappa shape index (κ3) is 4.67. The van der Waals surface area contributed by atoms with Crippen LogP contribution in [0.15, 0.2) is 0 Å². The molecule has 0 saturated heterocycles. The van der Waals surface area contributed by atoms with E-state index in [-0.39, 0.29) is 29.2 Å². The van der Waals surface area contributed by atoms with Gasteiger partial charge in [-0.1, -0.05) is 27.2 Å². The number of nitrogens with zero attached hydrogens (tertiary/aromatic N) is 3. The first-order valence-corrected chi connectivity index (χ1v) is 6.90. The van der Waals surface area contributed by atoms with Crippen LogP contribution in [0.2, 0.25) is 0 Å². The van der Waals surface area contributed by atoms with Crippen LogP contribution in [0.25, 0.3) is 0 Å². The van der Waals surface area contributed by atoms with E-state index in [1.165, 1.54) is 4.90 Å². The lowest BCUT2D eigenvalue weighted by molar-refractivity contribution is -0.385. The molecule has 0 bridgehead atoms. The molecule has 0 saturated carbocycles. The summed E-state index contributed by atoms with van der Waals surface area (Å²) < 4.78 is 0. The highest BCUT2D eigenvalue weighted by Gasteiger charge is 2.32. The van der Waals surface area contributed by atoms with Gasteiger partial charge in [0.1, 0.15) is 5.69 Å². The fourth-order valence-electron chi connectivity index (χ4n) is 2.10. The van der Waals surface area contributed by atoms with E-state index in [9.17, 15) is 14.9 Å². The minimum Gasteiger partial charge on any atom is -0.339 e. The molecule has 0 aliphatic heterocycles. The Labute approximate surface area is 136 Å². The van der Waals surface area contributed by atoms with Gasteiger partial charge in [0.05, 0.1) is 4.92 Å². The van der Waals surface area contributed by atoms with Gasteiger partial charge in [-0.3, -0.25) is 20.0 Å². The Morgan fingerprint density at radius 1 is 1.50 bits per heavy atom. The van der Waals surface area contributed by atoms with E-state index >= 15 is 0 Å². The van der Waals surface area contributed by atoms with E-state index in [4.69, 9.17) is 5.73 Å². The molecule has 0 radical (unpaired) electrons. The number of halogens is 1. The molecule has 1 heterocycles. The number of rotatable bonds is 7. The maximum absolute atomic E-state index is 12.4. The Hall–Kier alpha value is -1.67. The van der Waals surface area contributed by atoms with Crippen molar-refractivity contribution in [3.05, 3.63) is 21.5 Å². The highest BCUT2D eigenvalue weighted by Crippen LogP contribution is 2.24. The molecule has 0 aliphatic rings. The number of aromatic nitrogens is 2. The van der Waals surface area contributed by atoms with E-state index in [0.717, 1.165) is 6.42 Å². The number of carbonyl (C=O) groups excluding carboxylic acids is 1. The van der Waals surface area contributed by atoms with Gasteiger partial charge < -0.3 is 10.6 Å². The monoisotopic (exact) mass is 333 g/mol. The molecule has 8 nitrogen and oxygen atoms in total. The summed E-state index contributed by atoms with van der Waals surface area (Å²) in [6, 6.07) is 0. The summed E-state index contributed by atoms with van der Waals surface area (Å²) in [5.74, 6) is -0.471. The largest absolute Gasteiger partial charge is 0.339 e. The quantitative estimate of drug-likeness (QED) is 0.582. The van der Waals surface area contributed by atoms with Crippen molar-refractivity contribution in [1.29, 1.82) is 0 Å². The fourth-order valence-corrected chi connectivity index (χ4v) is 2.10. The van der Waals surface area contributed by atoms with Crippen LogP contribution >= 0.6 is 12.4 Å². The molecule has 3 N–H and O–H groups in total. The summed E-state index contributed by atoms with van der Waals surface area (Å²) in [4.78, 5) is 24.5. The van der Waals surface area contributed by atoms with E-state index in [1.807, 2.05) is 20.8 Å². The summed E-state index contributed by atoms with van der Waals surface area (Å²) in [7, 11) is 1.59. The SMILES string of the molecule is CCCc1[nH]nc(C(=O)N(C)CC(C)(C)CN)c1[N+](=O)[O-].Cl. The zero-order chi connectivity index (χ0) is 16.2. The molecule has 9 heteroatoms. The van der Waals surface area contributed by atoms with Crippen molar-refractivity contribution < 1.29 is 9.72 Å². The van der Waals surface area contributed by atoms with Crippen molar-refractivity contribution >= 4 is 24.0 Å². The predicted molar refractivity (Wildman–Crippen MR) is 86.3 cm³/mol. The molecule has 22 heavy (non-hydrogen) atoms. The number of aromatic amines is 1. The van der Waals surface area contributed by atoms with E-state index in [2.05, 4.69) is 10.2 Å². The third-order valence-corrected chi connectivity index (χ3v) is 3.26. The lowest BCUT2D eigenvalue weighted by Gasteiger charge is -2.28. The van der Waals surface area contributed by atoms with Crippen LogP contribution in [0, 0.1) is 15.5 Å². The van der Waals surface area contributed by atoms with Crippen molar-refractivity contribution in [2.45, 2.75) is 33.6 Å². The fraction of sp³-hybridized carbons (Fsp3) is 0.692. The van der Waals surface area contributed by atoms with Gasteiger partial charge in [0.15, 0.2) is 0 Å². The van der Waals surface area contributed by atoms with Crippen LogP contribution in [0.5, 0.6) is 0 Å². The minimum absolute atomic E-state index is 0. The van der Waals surface area contributed by atoms with Gasteiger partial charge in [-0.15, -0.1) is 12.4 Å². The van der Waals surface area contributed by atoms with E-state index < -0.39 is 10.8 Å². The molecule has 1 rings (SSSR count). The lowest BCUT2D eigenvalue weighted by atomic mass is 9.93. The molecule has 0 aromatic carbocycles. The molecule has 126 valence electrons. The molecule has 1 aromatic rings. The number of hydrogen-bond donors (Lipinski definition) is 2. The Morgan fingerprint density at radius 3 is 2.55 bits per heavy atom. The molecule has 0 spiro atoms. The highest BCUT2D eigenvalue weighted by molar-refractivity contribution is 5.96. The van der Waals surface area contributed by atoms with Gasteiger partial charge in [0.25, 0.3) is 5.91 Å². The van der Waals surface area contributed by atoms with Crippen molar-refractivity contribution in [1.82, 2.24) is 15.1 Å². The van der Waals surface area contributed by atoms with Crippen LogP contribution in [0.3, 0.4) is 0 Å². The molecule has 1 aromatic heterocycles. The van der Waals surface area contributed by atoms with Crippen molar-refractivity contribution in [2.75, 3.05) is 20.1 Å². The zero-order valence-corrected chi connectivity index (χ0v) is 14.2. The lowest BCUT2D eigenvalue weighted by Crippen LogP contribution is -2.40. The number of nitro groups is 1. The van der Waals surface area contributed by atoms with Crippen LogP contribution < -0.4 is 5.73 Å². The summed E-state index contributed by atoms with van der Waals surface area (Å²) in [5, 5.41) is 17.7. The summed E-state index contributed by atoms with van der Waals surface area (Å²) in [5.41, 5.74) is 5.41. The first-order valence-electron chi connectivity index (χ1n) is 6.90. The van der Waals surface area contributed by atoms with E-state index in [1.54, 1.807) is 7.05 Å². The van der Waals surface area contributed by atoms with Gasteiger partial charge >= 0.3 is 5.69 Å². The normalized spacial score (nSPS) is 11.0. The minimum atomic E-state index is -0.552. The van der Waals surface area contributed by atoms with Gasteiger partial charge in [-0.05, 0) is 18.4 Å². The molecule has 0 atom stereocenters. The van der Waals surface area contributed by atoms with Crippen LogP contribution in [-0.4, -0.2) is 46.1 Å². The second-order valence-corrected chi connectivity index (χ2v) is 5.94. The Morgan fingerprint density at radius 2 is 2.09 bits per heavy atom. The Kier molecular flexibility index (Phi) is 7.48. The van der Waals surface area contributed by atoms with Crippen LogP contribution in [-0.2, 0) is 6.42 Å². The van der Waals surface area contributed by atoms with Crippen molar-refractivity contribution in [3.8, 4) is 0 Å². The maximum Gasteiger partial charge on any atom is 0.322 e. The molecule has 0 unspecified atom stereocenters. The number of nitrogens with one attached hydrogen (secondary N) is 1. The molecule has 1 amide bonds. The number of aryl methyl sites for hydroxylation is 1. The molecular formula is C13H24ClN5O3. The second-order valence-electron chi connectivity index (χ2n) is 5.94. The zero-order valence-electron chi connectivity index (χ0n) is 13.4. The number of hydrogen-bond acceptors (Lipinski definition) is 5. The summed E-state index contributed by atoms with van der Waals surface area (Å²) in [6.07, 6.45) is 1.21. The Bertz CT molecular complexity index is 530. The van der Waals surface area contributed by atoms with Gasteiger partial charge in [-0.25, -0.2) is 0 Å². The van der Waals surface area contributed by atoms with Gasteiger partial charge in [0.2, 0.25) is 5.69 Å². The van der Waals surface area contributed by atoms with Crippen LogP contribution in [0.1, 0.15) is 43.4 Å².